The Kier molecular flexibility index (Phi) is 5.71. The van der Waals surface area contributed by atoms with Gasteiger partial charge in [0.25, 0.3) is 5.91 Å². The van der Waals surface area contributed by atoms with Gasteiger partial charge in [-0.2, -0.15) is 0 Å². The SMILES string of the molecule is CCOc1ccc(Nc2ccnc(C(=O)Nc3cccc(C)c3C)c2)cc1. The number of nitrogens with zero attached hydrogens (tertiary/aromatic N) is 1. The van der Waals surface area contributed by atoms with E-state index in [1.165, 1.54) is 0 Å². The molecule has 0 saturated heterocycles. The molecule has 138 valence electrons. The summed E-state index contributed by atoms with van der Waals surface area (Å²) < 4.78 is 5.45. The second kappa shape index (κ2) is 8.36. The standard InChI is InChI=1S/C22H23N3O2/c1-4-27-19-10-8-17(9-11-19)24-18-12-13-23-21(14-18)22(26)25-20-7-5-6-15(2)16(20)3/h5-14H,4H2,1-3H3,(H,23,24)(H,25,26). The van der Waals surface area contributed by atoms with Gasteiger partial charge in [-0.05, 0) is 74.4 Å². The van der Waals surface area contributed by atoms with E-state index in [1.807, 2.05) is 69.3 Å². The van der Waals surface area contributed by atoms with Gasteiger partial charge >= 0.3 is 0 Å². The van der Waals surface area contributed by atoms with Gasteiger partial charge in [0.15, 0.2) is 0 Å². The van der Waals surface area contributed by atoms with Crippen LogP contribution in [0.4, 0.5) is 17.1 Å². The fourth-order valence-electron chi connectivity index (χ4n) is 2.67. The average Bonchev–Trinajstić information content (AvgIpc) is 2.67. The van der Waals surface area contributed by atoms with Gasteiger partial charge in [-0.1, -0.05) is 12.1 Å². The molecule has 1 amide bonds. The van der Waals surface area contributed by atoms with E-state index in [0.717, 1.165) is 33.9 Å². The first kappa shape index (κ1) is 18.5. The number of ether oxygens (including phenoxy) is 1. The minimum Gasteiger partial charge on any atom is -0.494 e. The van der Waals surface area contributed by atoms with Crippen molar-refractivity contribution in [1.82, 2.24) is 4.98 Å². The van der Waals surface area contributed by atoms with Crippen LogP contribution in [0.5, 0.6) is 5.75 Å². The van der Waals surface area contributed by atoms with E-state index in [2.05, 4.69) is 15.6 Å². The number of carbonyl (C=O) groups is 1. The monoisotopic (exact) mass is 361 g/mol. The fraction of sp³-hybridized carbons (Fsp3) is 0.182. The van der Waals surface area contributed by atoms with Gasteiger partial charge in [0, 0.05) is 23.3 Å². The first-order valence-electron chi connectivity index (χ1n) is 8.90. The molecule has 1 aromatic heterocycles. The van der Waals surface area contributed by atoms with Crippen molar-refractivity contribution >= 4 is 23.0 Å². The molecule has 2 aromatic carbocycles. The lowest BCUT2D eigenvalue weighted by atomic mass is 10.1. The number of hydrogen-bond acceptors (Lipinski definition) is 4. The summed E-state index contributed by atoms with van der Waals surface area (Å²) in [6.45, 7) is 6.59. The van der Waals surface area contributed by atoms with Crippen LogP contribution in [0.15, 0.2) is 60.8 Å². The Morgan fingerprint density at radius 2 is 1.81 bits per heavy atom. The second-order valence-electron chi connectivity index (χ2n) is 6.21. The Hall–Kier alpha value is -3.34. The van der Waals surface area contributed by atoms with Crippen LogP contribution in [0.3, 0.4) is 0 Å². The molecular formula is C22H23N3O2. The van der Waals surface area contributed by atoms with Crippen LogP contribution in [-0.4, -0.2) is 17.5 Å². The topological polar surface area (TPSA) is 63.2 Å². The maximum atomic E-state index is 12.6. The van der Waals surface area contributed by atoms with Gasteiger partial charge in [-0.3, -0.25) is 9.78 Å². The van der Waals surface area contributed by atoms with E-state index in [9.17, 15) is 4.79 Å². The number of aryl methyl sites for hydroxylation is 1. The Bertz CT molecular complexity index is 937. The Morgan fingerprint density at radius 1 is 1.04 bits per heavy atom. The molecule has 0 bridgehead atoms. The third-order valence-electron chi connectivity index (χ3n) is 4.30. The van der Waals surface area contributed by atoms with E-state index < -0.39 is 0 Å². The van der Waals surface area contributed by atoms with Crippen molar-refractivity contribution in [2.75, 3.05) is 17.2 Å². The average molecular weight is 361 g/mol. The van der Waals surface area contributed by atoms with Crippen LogP contribution in [-0.2, 0) is 0 Å². The van der Waals surface area contributed by atoms with Crippen LogP contribution in [0.2, 0.25) is 0 Å². The highest BCUT2D eigenvalue weighted by Gasteiger charge is 2.11. The summed E-state index contributed by atoms with van der Waals surface area (Å²) in [6.07, 6.45) is 1.62. The second-order valence-corrected chi connectivity index (χ2v) is 6.21. The lowest BCUT2D eigenvalue weighted by Crippen LogP contribution is -2.14. The van der Waals surface area contributed by atoms with Crippen molar-refractivity contribution in [3.63, 3.8) is 0 Å². The fourth-order valence-corrected chi connectivity index (χ4v) is 2.67. The Labute approximate surface area is 159 Å². The van der Waals surface area contributed by atoms with Gasteiger partial charge < -0.3 is 15.4 Å². The molecule has 0 aliphatic rings. The molecule has 0 aliphatic carbocycles. The van der Waals surface area contributed by atoms with Crippen molar-refractivity contribution in [1.29, 1.82) is 0 Å². The summed E-state index contributed by atoms with van der Waals surface area (Å²) in [4.78, 5) is 16.8. The molecule has 5 heteroatoms. The lowest BCUT2D eigenvalue weighted by Gasteiger charge is -2.11. The zero-order chi connectivity index (χ0) is 19.2. The zero-order valence-electron chi connectivity index (χ0n) is 15.7. The Balaban J connectivity index is 1.72. The van der Waals surface area contributed by atoms with Crippen LogP contribution >= 0.6 is 0 Å². The number of benzene rings is 2. The third-order valence-corrected chi connectivity index (χ3v) is 4.30. The third kappa shape index (κ3) is 4.64. The molecule has 0 aliphatic heterocycles. The maximum Gasteiger partial charge on any atom is 0.274 e. The van der Waals surface area contributed by atoms with Crippen molar-refractivity contribution in [2.24, 2.45) is 0 Å². The van der Waals surface area contributed by atoms with Gasteiger partial charge in [-0.15, -0.1) is 0 Å². The lowest BCUT2D eigenvalue weighted by molar-refractivity contribution is 0.102. The smallest absolute Gasteiger partial charge is 0.274 e. The van der Waals surface area contributed by atoms with Crippen molar-refractivity contribution in [3.05, 3.63) is 77.6 Å². The first-order chi connectivity index (χ1) is 13.1. The zero-order valence-corrected chi connectivity index (χ0v) is 15.7. The molecule has 0 fully saturated rings. The summed E-state index contributed by atoms with van der Waals surface area (Å²) in [7, 11) is 0. The molecule has 0 saturated carbocycles. The van der Waals surface area contributed by atoms with E-state index in [1.54, 1.807) is 12.3 Å². The van der Waals surface area contributed by atoms with Gasteiger partial charge in [0.05, 0.1) is 6.61 Å². The van der Waals surface area contributed by atoms with Crippen LogP contribution < -0.4 is 15.4 Å². The normalized spacial score (nSPS) is 10.3. The molecule has 0 unspecified atom stereocenters. The molecule has 0 spiro atoms. The van der Waals surface area contributed by atoms with Crippen molar-refractivity contribution in [3.8, 4) is 5.75 Å². The van der Waals surface area contributed by atoms with Crippen LogP contribution in [0.1, 0.15) is 28.5 Å². The summed E-state index contributed by atoms with van der Waals surface area (Å²) in [5, 5.41) is 6.21. The highest BCUT2D eigenvalue weighted by molar-refractivity contribution is 6.03. The number of nitrogens with one attached hydrogen (secondary N) is 2. The molecule has 2 N–H and O–H groups in total. The predicted molar refractivity (Wildman–Crippen MR) is 109 cm³/mol. The summed E-state index contributed by atoms with van der Waals surface area (Å²) in [5.41, 5.74) is 5.03. The number of aromatic nitrogens is 1. The number of rotatable bonds is 6. The van der Waals surface area contributed by atoms with Gasteiger partial charge in [-0.25, -0.2) is 0 Å². The molecule has 5 nitrogen and oxygen atoms in total. The van der Waals surface area contributed by atoms with Crippen LogP contribution in [0.25, 0.3) is 0 Å². The Morgan fingerprint density at radius 3 is 2.56 bits per heavy atom. The molecule has 27 heavy (non-hydrogen) atoms. The molecule has 0 atom stereocenters. The summed E-state index contributed by atoms with van der Waals surface area (Å²) >= 11 is 0. The van der Waals surface area contributed by atoms with E-state index in [-0.39, 0.29) is 5.91 Å². The molecule has 1 heterocycles. The predicted octanol–water partition coefficient (Wildman–Crippen LogP) is 5.09. The highest BCUT2D eigenvalue weighted by Crippen LogP contribution is 2.22. The van der Waals surface area contributed by atoms with E-state index >= 15 is 0 Å². The maximum absolute atomic E-state index is 12.6. The van der Waals surface area contributed by atoms with E-state index in [0.29, 0.717) is 12.3 Å². The minimum atomic E-state index is -0.237. The number of anilines is 3. The van der Waals surface area contributed by atoms with Gasteiger partial charge in [0.1, 0.15) is 11.4 Å². The summed E-state index contributed by atoms with van der Waals surface area (Å²) in [6, 6.07) is 17.1. The highest BCUT2D eigenvalue weighted by atomic mass is 16.5. The number of amides is 1. The van der Waals surface area contributed by atoms with Crippen molar-refractivity contribution < 1.29 is 9.53 Å². The van der Waals surface area contributed by atoms with E-state index in [4.69, 9.17) is 4.74 Å². The van der Waals surface area contributed by atoms with Crippen molar-refractivity contribution in [2.45, 2.75) is 20.8 Å². The first-order valence-corrected chi connectivity index (χ1v) is 8.90. The molecular weight excluding hydrogens is 338 g/mol. The minimum absolute atomic E-state index is 0.237. The summed E-state index contributed by atoms with van der Waals surface area (Å²) in [5.74, 6) is 0.588. The number of hydrogen-bond donors (Lipinski definition) is 2. The largest absolute Gasteiger partial charge is 0.494 e. The molecule has 3 aromatic rings. The van der Waals surface area contributed by atoms with Crippen LogP contribution in [0, 0.1) is 13.8 Å². The quantitative estimate of drug-likeness (QED) is 0.642. The molecule has 0 radical (unpaired) electrons. The van der Waals surface area contributed by atoms with Gasteiger partial charge in [0.2, 0.25) is 0 Å². The number of pyridine rings is 1. The molecule has 3 rings (SSSR count). The number of carbonyl (C=O) groups excluding carboxylic acids is 1.